The van der Waals surface area contributed by atoms with Crippen LogP contribution in [0.15, 0.2) is 53.6 Å². The fourth-order valence-electron chi connectivity index (χ4n) is 6.22. The predicted octanol–water partition coefficient (Wildman–Crippen LogP) is 2.94. The Balaban J connectivity index is 1.03. The maximum atomic E-state index is 13.9. The summed E-state index contributed by atoms with van der Waals surface area (Å²) in [6.07, 6.45) is 3.32. The Kier molecular flexibility index (Phi) is 7.68. The van der Waals surface area contributed by atoms with Gasteiger partial charge in [-0.3, -0.25) is 14.5 Å². The van der Waals surface area contributed by atoms with Crippen LogP contribution in [0.3, 0.4) is 0 Å². The first kappa shape index (κ1) is 29.5. The molecule has 1 aliphatic carbocycles. The highest BCUT2D eigenvalue weighted by Gasteiger charge is 2.47. The van der Waals surface area contributed by atoms with E-state index in [1.54, 1.807) is 7.11 Å². The van der Waals surface area contributed by atoms with Gasteiger partial charge in [-0.05, 0) is 30.5 Å². The number of hydrogen-bond donors (Lipinski definition) is 1. The lowest BCUT2D eigenvalue weighted by Gasteiger charge is -2.33. The van der Waals surface area contributed by atoms with E-state index in [9.17, 15) is 23.2 Å². The van der Waals surface area contributed by atoms with E-state index in [1.165, 1.54) is 20.6 Å². The number of anilines is 2. The number of benzene rings is 2. The molecule has 1 saturated carbocycles. The van der Waals surface area contributed by atoms with Gasteiger partial charge in [0.15, 0.2) is 29.8 Å². The highest BCUT2D eigenvalue weighted by molar-refractivity contribution is 5.97. The van der Waals surface area contributed by atoms with Crippen molar-refractivity contribution in [3.63, 3.8) is 0 Å². The van der Waals surface area contributed by atoms with Crippen molar-refractivity contribution in [1.29, 1.82) is 0 Å². The molecule has 0 bridgehead atoms. The minimum Gasteiger partial charge on any atom is -0.497 e. The van der Waals surface area contributed by atoms with Gasteiger partial charge in [-0.2, -0.15) is 4.98 Å². The molecule has 7 rings (SSSR count). The van der Waals surface area contributed by atoms with Gasteiger partial charge < -0.3 is 24.1 Å². The molecule has 2 aromatic carbocycles. The van der Waals surface area contributed by atoms with Crippen LogP contribution in [0.4, 0.5) is 25.3 Å². The number of nitrogens with zero attached hydrogens (tertiary/aromatic N) is 6. The first-order valence-electron chi connectivity index (χ1n) is 14.8. The third kappa shape index (κ3) is 5.46. The van der Waals surface area contributed by atoms with Crippen LogP contribution in [0.5, 0.6) is 11.5 Å². The number of aromatic nitrogens is 4. The third-order valence-electron chi connectivity index (χ3n) is 8.54. The van der Waals surface area contributed by atoms with Crippen LogP contribution < -0.4 is 30.1 Å². The molecular formula is C31H29F2N7O6. The summed E-state index contributed by atoms with van der Waals surface area (Å²) in [6.45, 7) is 0.658. The zero-order valence-electron chi connectivity index (χ0n) is 24.7. The minimum absolute atomic E-state index is 0.0255. The normalized spacial score (nSPS) is 20.7. The summed E-state index contributed by atoms with van der Waals surface area (Å²) < 4.78 is 45.5. The number of amides is 2. The van der Waals surface area contributed by atoms with Gasteiger partial charge in [-0.1, -0.05) is 12.1 Å². The number of carbonyl (C=O) groups is 2. The molecule has 3 atom stereocenters. The molecule has 13 nitrogen and oxygen atoms in total. The van der Waals surface area contributed by atoms with Crippen LogP contribution in [0.2, 0.25) is 0 Å². The molecule has 1 N–H and O–H groups in total. The lowest BCUT2D eigenvalue weighted by atomic mass is 9.88. The molecule has 238 valence electrons. The second-order valence-corrected chi connectivity index (χ2v) is 11.3. The summed E-state index contributed by atoms with van der Waals surface area (Å²) in [5.74, 6) is -0.947. The molecule has 1 saturated heterocycles. The fraction of sp³-hybridized carbons (Fsp3) is 0.355. The number of hydrogen-bond acceptors (Lipinski definition) is 10. The lowest BCUT2D eigenvalue weighted by molar-refractivity contribution is -0.121. The molecule has 4 aromatic rings. The fourth-order valence-corrected chi connectivity index (χ4v) is 6.22. The summed E-state index contributed by atoms with van der Waals surface area (Å²) in [6, 6.07) is 8.93. The van der Waals surface area contributed by atoms with Crippen molar-refractivity contribution >= 4 is 34.8 Å². The molecular weight excluding hydrogens is 604 g/mol. The van der Waals surface area contributed by atoms with Gasteiger partial charge in [0, 0.05) is 37.7 Å². The van der Waals surface area contributed by atoms with Gasteiger partial charge in [0.25, 0.3) is 11.5 Å². The van der Waals surface area contributed by atoms with Gasteiger partial charge in [0.1, 0.15) is 11.9 Å². The summed E-state index contributed by atoms with van der Waals surface area (Å²) in [5.41, 5.74) is 0.818. The molecule has 2 amide bonds. The molecule has 2 aliphatic heterocycles. The van der Waals surface area contributed by atoms with E-state index in [0.29, 0.717) is 37.3 Å². The van der Waals surface area contributed by atoms with Crippen LogP contribution in [0.25, 0.3) is 11.0 Å². The number of fused-ring (bicyclic) bond motifs is 3. The van der Waals surface area contributed by atoms with Gasteiger partial charge in [-0.25, -0.2) is 28.4 Å². The first-order chi connectivity index (χ1) is 22.3. The maximum absolute atomic E-state index is 13.9. The van der Waals surface area contributed by atoms with Crippen LogP contribution in [0.1, 0.15) is 24.8 Å². The molecule has 0 unspecified atom stereocenters. The van der Waals surface area contributed by atoms with Crippen LogP contribution in [0, 0.1) is 11.6 Å². The van der Waals surface area contributed by atoms with Crippen molar-refractivity contribution in [2.45, 2.75) is 50.5 Å². The Morgan fingerprint density at radius 3 is 2.65 bits per heavy atom. The smallest absolute Gasteiger partial charge is 0.417 e. The Labute approximate surface area is 260 Å². The summed E-state index contributed by atoms with van der Waals surface area (Å²) in [4.78, 5) is 54.3. The Hall–Kier alpha value is -5.18. The van der Waals surface area contributed by atoms with Gasteiger partial charge >= 0.3 is 6.09 Å². The van der Waals surface area contributed by atoms with Crippen molar-refractivity contribution in [2.24, 2.45) is 0 Å². The van der Waals surface area contributed by atoms with E-state index >= 15 is 0 Å². The van der Waals surface area contributed by atoms with Crippen molar-refractivity contribution in [2.75, 3.05) is 30.1 Å². The second-order valence-electron chi connectivity index (χ2n) is 11.3. The zero-order chi connectivity index (χ0) is 31.9. The number of methoxy groups -OCH3 is 1. The van der Waals surface area contributed by atoms with Crippen LogP contribution in [-0.4, -0.2) is 70.0 Å². The van der Waals surface area contributed by atoms with Gasteiger partial charge in [0.05, 0.1) is 43.1 Å². The molecule has 15 heteroatoms. The monoisotopic (exact) mass is 633 g/mol. The van der Waals surface area contributed by atoms with E-state index in [0.717, 1.165) is 23.9 Å². The molecule has 3 aliphatic rings. The Morgan fingerprint density at radius 2 is 1.85 bits per heavy atom. The minimum atomic E-state index is -1.06. The van der Waals surface area contributed by atoms with Crippen LogP contribution in [-0.2, 0) is 22.6 Å². The average Bonchev–Trinajstić information content (AvgIpc) is 3.39. The van der Waals surface area contributed by atoms with Crippen molar-refractivity contribution in [3.05, 3.63) is 76.3 Å². The highest BCUT2D eigenvalue weighted by atomic mass is 19.2. The van der Waals surface area contributed by atoms with E-state index in [2.05, 4.69) is 20.3 Å². The number of ether oxygens (including phenoxy) is 3. The van der Waals surface area contributed by atoms with E-state index in [-0.39, 0.29) is 60.5 Å². The second kappa shape index (κ2) is 12.0. The molecule has 4 heterocycles. The van der Waals surface area contributed by atoms with Gasteiger partial charge in [-0.15, -0.1) is 0 Å². The lowest BCUT2D eigenvalue weighted by Crippen LogP contribution is -2.47. The quantitative estimate of drug-likeness (QED) is 0.308. The van der Waals surface area contributed by atoms with Crippen molar-refractivity contribution in [3.8, 4) is 11.5 Å². The van der Waals surface area contributed by atoms with Crippen molar-refractivity contribution < 1.29 is 32.6 Å². The standard InChI is InChI=1S/C31H29F2N7O6/c1-44-19-5-2-17(3-6-19)15-39-28(42)16-45-26-13-36-30(37-29(26)39)40-23-7-4-18(10-25(23)46-31(40)43)34-8-9-38-24-12-21(33)20(32)11-22(24)35-14-27(38)41/h2-3,5-6,11-14,18,23,25,34H,4,7-10,15-16H2,1H3/t18-,23-,25-/m1/s1. The van der Waals surface area contributed by atoms with Crippen LogP contribution >= 0.6 is 0 Å². The summed E-state index contributed by atoms with van der Waals surface area (Å²) in [5, 5.41) is 3.39. The molecule has 0 radical (unpaired) electrons. The topological polar surface area (TPSA) is 141 Å². The predicted molar refractivity (Wildman–Crippen MR) is 160 cm³/mol. The number of rotatable bonds is 8. The SMILES string of the molecule is COc1ccc(CN2C(=O)COc3cnc(N4C(=O)O[C@@H]5C[C@H](NCCn6c(=O)cnc7cc(F)c(F)cc76)CC[C@H]54)nc32)cc1. The zero-order valence-corrected chi connectivity index (χ0v) is 24.7. The summed E-state index contributed by atoms with van der Waals surface area (Å²) in [7, 11) is 1.58. The van der Waals surface area contributed by atoms with E-state index < -0.39 is 29.4 Å². The van der Waals surface area contributed by atoms with Gasteiger partial charge in [0.2, 0.25) is 5.95 Å². The van der Waals surface area contributed by atoms with E-state index in [4.69, 9.17) is 14.2 Å². The largest absolute Gasteiger partial charge is 0.497 e. The number of nitrogens with one attached hydrogen (secondary N) is 1. The molecule has 46 heavy (non-hydrogen) atoms. The summed E-state index contributed by atoms with van der Waals surface area (Å²) >= 11 is 0. The molecule has 2 aromatic heterocycles. The molecule has 0 spiro atoms. The van der Waals surface area contributed by atoms with Crippen molar-refractivity contribution in [1.82, 2.24) is 24.8 Å². The maximum Gasteiger partial charge on any atom is 0.417 e. The average molecular weight is 634 g/mol. The molecule has 2 fully saturated rings. The Bertz CT molecular complexity index is 1890. The number of carbonyl (C=O) groups excluding carboxylic acids is 2. The third-order valence-corrected chi connectivity index (χ3v) is 8.54. The highest BCUT2D eigenvalue weighted by Crippen LogP contribution is 2.37. The van der Waals surface area contributed by atoms with E-state index in [1.807, 2.05) is 24.3 Å². The Morgan fingerprint density at radius 1 is 1.04 bits per heavy atom. The number of halogens is 2. The first-order valence-corrected chi connectivity index (χ1v) is 14.8.